The lowest BCUT2D eigenvalue weighted by molar-refractivity contribution is 0.797. The van der Waals surface area contributed by atoms with Gasteiger partial charge >= 0.3 is 0 Å². The van der Waals surface area contributed by atoms with Gasteiger partial charge in [-0.3, -0.25) is 0 Å². The zero-order valence-corrected chi connectivity index (χ0v) is 8.17. The van der Waals surface area contributed by atoms with Gasteiger partial charge in [-0.1, -0.05) is 0 Å². The molecule has 0 spiro atoms. The molecule has 0 aliphatic carbocycles. The Hall–Kier alpha value is -1.16. The molecule has 13 heavy (non-hydrogen) atoms. The normalized spacial score (nSPS) is 10.4. The van der Waals surface area contributed by atoms with Gasteiger partial charge in [-0.25, -0.2) is 9.97 Å². The van der Waals surface area contributed by atoms with E-state index in [-0.39, 0.29) is 0 Å². The minimum Gasteiger partial charge on any atom is -0.368 e. The van der Waals surface area contributed by atoms with Crippen LogP contribution in [0, 0.1) is 13.8 Å². The highest BCUT2D eigenvalue weighted by Gasteiger charge is 2.04. The summed E-state index contributed by atoms with van der Waals surface area (Å²) in [6.45, 7) is 4.64. The van der Waals surface area contributed by atoms with Crippen LogP contribution in [0.15, 0.2) is 0 Å². The number of hydrogen-bond donors (Lipinski definition) is 2. The van der Waals surface area contributed by atoms with Crippen molar-refractivity contribution < 1.29 is 0 Å². The zero-order chi connectivity index (χ0) is 9.84. The van der Waals surface area contributed by atoms with Crippen LogP contribution in [0.1, 0.15) is 23.4 Å². The molecule has 4 N–H and O–H groups in total. The summed E-state index contributed by atoms with van der Waals surface area (Å²) >= 11 is 0. The predicted molar refractivity (Wildman–Crippen MR) is 53.3 cm³/mol. The smallest absolute Gasteiger partial charge is 0.220 e. The van der Waals surface area contributed by atoms with Gasteiger partial charge in [-0.15, -0.1) is 0 Å². The minimum atomic E-state index is 0.357. The van der Waals surface area contributed by atoms with Crippen LogP contribution in [0.2, 0.25) is 0 Å². The Bertz CT molecular complexity index is 296. The maximum atomic E-state index is 5.55. The van der Waals surface area contributed by atoms with Gasteiger partial charge in [0.25, 0.3) is 0 Å². The molecule has 0 fully saturated rings. The van der Waals surface area contributed by atoms with Gasteiger partial charge in [0.1, 0.15) is 0 Å². The fourth-order valence-electron chi connectivity index (χ4n) is 1.22. The van der Waals surface area contributed by atoms with Gasteiger partial charge in [0.15, 0.2) is 0 Å². The molecule has 0 saturated heterocycles. The van der Waals surface area contributed by atoms with Crippen LogP contribution in [0.5, 0.6) is 0 Å². The molecule has 1 rings (SSSR count). The van der Waals surface area contributed by atoms with Crippen molar-refractivity contribution in [2.45, 2.75) is 26.7 Å². The molecule has 0 aliphatic heterocycles. The third-order valence-corrected chi connectivity index (χ3v) is 2.13. The summed E-state index contributed by atoms with van der Waals surface area (Å²) in [7, 11) is 0. The predicted octanol–water partition coefficient (Wildman–Crippen LogP) is 0.567. The van der Waals surface area contributed by atoms with E-state index in [1.807, 2.05) is 13.8 Å². The van der Waals surface area contributed by atoms with E-state index in [4.69, 9.17) is 11.5 Å². The maximum Gasteiger partial charge on any atom is 0.220 e. The fourth-order valence-corrected chi connectivity index (χ4v) is 1.22. The second kappa shape index (κ2) is 4.18. The lowest BCUT2D eigenvalue weighted by Crippen LogP contribution is -2.07. The first-order chi connectivity index (χ1) is 6.15. The zero-order valence-electron chi connectivity index (χ0n) is 8.17. The van der Waals surface area contributed by atoms with Crippen molar-refractivity contribution in [3.05, 3.63) is 17.0 Å². The largest absolute Gasteiger partial charge is 0.368 e. The Balaban J connectivity index is 2.92. The van der Waals surface area contributed by atoms with Gasteiger partial charge in [-0.2, -0.15) is 0 Å². The quantitative estimate of drug-likeness (QED) is 0.712. The number of aryl methyl sites for hydroxylation is 2. The lowest BCUT2D eigenvalue weighted by atomic mass is 10.1. The van der Waals surface area contributed by atoms with E-state index < -0.39 is 0 Å². The highest BCUT2D eigenvalue weighted by atomic mass is 15.0. The van der Waals surface area contributed by atoms with E-state index in [9.17, 15) is 0 Å². The van der Waals surface area contributed by atoms with Crippen LogP contribution in [0.25, 0.3) is 0 Å². The van der Waals surface area contributed by atoms with Crippen LogP contribution in [0.4, 0.5) is 5.95 Å². The Morgan fingerprint density at radius 1 is 1.23 bits per heavy atom. The number of aromatic nitrogens is 2. The molecule has 0 saturated carbocycles. The summed E-state index contributed by atoms with van der Waals surface area (Å²) < 4.78 is 0. The molecule has 1 aromatic rings. The Labute approximate surface area is 78.4 Å². The first-order valence-electron chi connectivity index (χ1n) is 4.44. The molecule has 4 nitrogen and oxygen atoms in total. The highest BCUT2D eigenvalue weighted by molar-refractivity contribution is 5.30. The van der Waals surface area contributed by atoms with Crippen LogP contribution in [-0.4, -0.2) is 16.5 Å². The molecule has 0 aromatic carbocycles. The molecule has 72 valence electrons. The SMILES string of the molecule is Cc1nc(N)nc(CCCN)c1C. The first kappa shape index (κ1) is 9.92. The van der Waals surface area contributed by atoms with Gasteiger partial charge in [-0.05, 0) is 38.8 Å². The number of anilines is 1. The summed E-state index contributed by atoms with van der Waals surface area (Å²) in [4.78, 5) is 8.26. The van der Waals surface area contributed by atoms with Crippen LogP contribution in [-0.2, 0) is 6.42 Å². The van der Waals surface area contributed by atoms with E-state index in [1.54, 1.807) is 0 Å². The molecular formula is C9H16N4. The third kappa shape index (κ3) is 2.39. The van der Waals surface area contributed by atoms with Crippen molar-refractivity contribution in [1.82, 2.24) is 9.97 Å². The molecule has 4 heteroatoms. The molecule has 0 radical (unpaired) electrons. The molecule has 0 unspecified atom stereocenters. The molecule has 0 bridgehead atoms. The monoisotopic (exact) mass is 180 g/mol. The summed E-state index contributed by atoms with van der Waals surface area (Å²) in [5, 5.41) is 0. The minimum absolute atomic E-state index is 0.357. The van der Waals surface area contributed by atoms with E-state index in [0.717, 1.165) is 29.8 Å². The summed E-state index contributed by atoms with van der Waals surface area (Å²) in [5.41, 5.74) is 14.1. The van der Waals surface area contributed by atoms with Crippen molar-refractivity contribution in [2.75, 3.05) is 12.3 Å². The van der Waals surface area contributed by atoms with Crippen molar-refractivity contribution in [3.8, 4) is 0 Å². The standard InChI is InChI=1S/C9H16N4/c1-6-7(2)12-9(11)13-8(6)4-3-5-10/h3-5,10H2,1-2H3,(H2,11,12,13). The molecule has 1 aromatic heterocycles. The van der Waals surface area contributed by atoms with Crippen molar-refractivity contribution in [1.29, 1.82) is 0 Å². The van der Waals surface area contributed by atoms with Crippen molar-refractivity contribution >= 4 is 5.95 Å². The van der Waals surface area contributed by atoms with E-state index in [1.165, 1.54) is 0 Å². The van der Waals surface area contributed by atoms with Gasteiger partial charge in [0.2, 0.25) is 5.95 Å². The van der Waals surface area contributed by atoms with Gasteiger partial charge in [0.05, 0.1) is 0 Å². The molecule has 1 heterocycles. The second-order valence-corrected chi connectivity index (χ2v) is 3.13. The summed E-state index contributed by atoms with van der Waals surface area (Å²) in [6, 6.07) is 0. The molecule has 0 atom stereocenters. The van der Waals surface area contributed by atoms with Crippen molar-refractivity contribution in [3.63, 3.8) is 0 Å². The third-order valence-electron chi connectivity index (χ3n) is 2.13. The summed E-state index contributed by atoms with van der Waals surface area (Å²) in [5.74, 6) is 0.357. The maximum absolute atomic E-state index is 5.55. The highest BCUT2D eigenvalue weighted by Crippen LogP contribution is 2.11. The Morgan fingerprint density at radius 2 is 1.92 bits per heavy atom. The van der Waals surface area contributed by atoms with Gasteiger partial charge < -0.3 is 11.5 Å². The van der Waals surface area contributed by atoms with Crippen LogP contribution in [0.3, 0.4) is 0 Å². The summed E-state index contributed by atoms with van der Waals surface area (Å²) in [6.07, 6.45) is 1.83. The number of nitrogens with two attached hydrogens (primary N) is 2. The molecule has 0 amide bonds. The van der Waals surface area contributed by atoms with Gasteiger partial charge in [0, 0.05) is 11.4 Å². The second-order valence-electron chi connectivity index (χ2n) is 3.13. The van der Waals surface area contributed by atoms with E-state index >= 15 is 0 Å². The van der Waals surface area contributed by atoms with Crippen LogP contribution >= 0.6 is 0 Å². The number of rotatable bonds is 3. The Kier molecular flexibility index (Phi) is 3.19. The topological polar surface area (TPSA) is 77.8 Å². The fraction of sp³-hybridized carbons (Fsp3) is 0.556. The lowest BCUT2D eigenvalue weighted by Gasteiger charge is -2.07. The van der Waals surface area contributed by atoms with E-state index in [0.29, 0.717) is 12.5 Å². The number of nitrogens with zero attached hydrogens (tertiary/aromatic N) is 2. The molecular weight excluding hydrogens is 164 g/mol. The van der Waals surface area contributed by atoms with Crippen molar-refractivity contribution in [2.24, 2.45) is 5.73 Å². The molecule has 0 aliphatic rings. The van der Waals surface area contributed by atoms with Crippen LogP contribution < -0.4 is 11.5 Å². The average Bonchev–Trinajstić information content (AvgIpc) is 2.09. The Morgan fingerprint density at radius 3 is 2.54 bits per heavy atom. The van der Waals surface area contributed by atoms with E-state index in [2.05, 4.69) is 9.97 Å². The first-order valence-corrected chi connectivity index (χ1v) is 4.44. The average molecular weight is 180 g/mol. The number of nitrogen functional groups attached to an aromatic ring is 1. The number of hydrogen-bond acceptors (Lipinski definition) is 4.